The van der Waals surface area contributed by atoms with E-state index in [0.29, 0.717) is 11.2 Å². The van der Waals surface area contributed by atoms with E-state index >= 15 is 4.39 Å². The fraction of sp³-hybridized carbons (Fsp3) is 0.217. The van der Waals surface area contributed by atoms with Gasteiger partial charge in [-0.15, -0.1) is 0 Å². The van der Waals surface area contributed by atoms with Crippen molar-refractivity contribution in [1.29, 1.82) is 0 Å². The molecule has 1 N–H and O–H groups in total. The molecule has 0 aliphatic heterocycles. The summed E-state index contributed by atoms with van der Waals surface area (Å²) < 4.78 is 45.9. The van der Waals surface area contributed by atoms with Crippen molar-refractivity contribution in [2.75, 3.05) is 0 Å². The van der Waals surface area contributed by atoms with Crippen LogP contribution in [0.5, 0.6) is 0 Å². The van der Waals surface area contributed by atoms with E-state index in [9.17, 15) is 8.78 Å². The number of H-pyrrole nitrogens is 1. The average Bonchev–Trinajstić information content (AvgIpc) is 3.39. The number of fused-ring (bicyclic) bond motifs is 2. The highest BCUT2D eigenvalue weighted by Crippen LogP contribution is 2.38. The van der Waals surface area contributed by atoms with E-state index in [4.69, 9.17) is 0 Å². The van der Waals surface area contributed by atoms with Gasteiger partial charge in [0.1, 0.15) is 11.5 Å². The van der Waals surface area contributed by atoms with Crippen molar-refractivity contribution < 1.29 is 13.2 Å². The lowest BCUT2D eigenvalue weighted by Gasteiger charge is -2.12. The van der Waals surface area contributed by atoms with Crippen LogP contribution >= 0.6 is 0 Å². The summed E-state index contributed by atoms with van der Waals surface area (Å²) in [4.78, 5) is 12.9. The standard InChI is InChI=1S/C23H19F3N6/c1-12(2)17-8-13(6-7-27-17)18-11-32-19(10-28-18)30-22(23(3,25)26)21(32)14-4-5-16-15(20(14)24)9-29-31-16/h4-12H,1-3H3,(H,29,31). The Morgan fingerprint density at radius 3 is 2.66 bits per heavy atom. The zero-order valence-electron chi connectivity index (χ0n) is 17.6. The van der Waals surface area contributed by atoms with Crippen molar-refractivity contribution in [1.82, 2.24) is 29.5 Å². The number of benzene rings is 1. The van der Waals surface area contributed by atoms with Gasteiger partial charge in [-0.25, -0.2) is 9.37 Å². The maximum atomic E-state index is 15.4. The zero-order chi connectivity index (χ0) is 22.6. The average molecular weight is 436 g/mol. The molecular formula is C23H19F3N6. The number of hydrogen-bond donors (Lipinski definition) is 1. The number of rotatable bonds is 4. The molecule has 0 spiro atoms. The third-order valence-electron chi connectivity index (χ3n) is 5.41. The van der Waals surface area contributed by atoms with Crippen LogP contribution in [0, 0.1) is 5.82 Å². The van der Waals surface area contributed by atoms with Crippen molar-refractivity contribution in [2.45, 2.75) is 32.6 Å². The van der Waals surface area contributed by atoms with Crippen molar-refractivity contribution in [3.8, 4) is 22.5 Å². The second-order valence-electron chi connectivity index (χ2n) is 8.08. The van der Waals surface area contributed by atoms with E-state index in [-0.39, 0.29) is 28.2 Å². The molecular weight excluding hydrogens is 417 g/mol. The van der Waals surface area contributed by atoms with Crippen LogP contribution in [0.15, 0.2) is 49.1 Å². The monoisotopic (exact) mass is 436 g/mol. The molecule has 0 fully saturated rings. The number of nitrogens with one attached hydrogen (secondary N) is 1. The molecule has 0 saturated heterocycles. The smallest absolute Gasteiger partial charge is 0.289 e. The predicted octanol–water partition coefficient (Wildman–Crippen LogP) is 5.71. The Morgan fingerprint density at radius 1 is 1.09 bits per heavy atom. The lowest BCUT2D eigenvalue weighted by atomic mass is 10.0. The predicted molar refractivity (Wildman–Crippen MR) is 115 cm³/mol. The molecule has 0 unspecified atom stereocenters. The van der Waals surface area contributed by atoms with Crippen molar-refractivity contribution in [3.05, 3.63) is 66.3 Å². The number of nitrogens with zero attached hydrogens (tertiary/aromatic N) is 5. The molecule has 4 heterocycles. The summed E-state index contributed by atoms with van der Waals surface area (Å²) in [6.07, 6.45) is 6.03. The Bertz CT molecular complexity index is 1460. The maximum absolute atomic E-state index is 15.4. The summed E-state index contributed by atoms with van der Waals surface area (Å²) >= 11 is 0. The van der Waals surface area contributed by atoms with Gasteiger partial charge in [-0.05, 0) is 30.2 Å². The summed E-state index contributed by atoms with van der Waals surface area (Å²) in [6, 6.07) is 6.77. The topological polar surface area (TPSA) is 71.8 Å². The summed E-state index contributed by atoms with van der Waals surface area (Å²) in [5.74, 6) is -3.72. The van der Waals surface area contributed by atoms with E-state index < -0.39 is 17.4 Å². The van der Waals surface area contributed by atoms with Crippen LogP contribution in [0.1, 0.15) is 38.1 Å². The molecule has 0 amide bonds. The molecule has 0 atom stereocenters. The molecule has 162 valence electrons. The van der Waals surface area contributed by atoms with E-state index in [2.05, 4.69) is 25.1 Å². The minimum absolute atomic E-state index is 0.0117. The number of halogens is 3. The fourth-order valence-electron chi connectivity index (χ4n) is 3.76. The third-order valence-corrected chi connectivity index (χ3v) is 5.41. The SMILES string of the molecule is CC(C)c1cc(-c2cn3c(-c4ccc5[nH]ncc5c4F)c(C(C)(F)F)nc3cn2)ccn1. The second-order valence-corrected chi connectivity index (χ2v) is 8.08. The molecule has 5 rings (SSSR count). The van der Waals surface area contributed by atoms with Gasteiger partial charge in [0.25, 0.3) is 5.92 Å². The maximum Gasteiger partial charge on any atom is 0.289 e. The highest BCUT2D eigenvalue weighted by molar-refractivity contribution is 5.85. The molecule has 0 aliphatic rings. The van der Waals surface area contributed by atoms with E-state index in [1.807, 2.05) is 19.9 Å². The van der Waals surface area contributed by atoms with Gasteiger partial charge >= 0.3 is 0 Å². The van der Waals surface area contributed by atoms with Gasteiger partial charge in [-0.1, -0.05) is 13.8 Å². The first-order valence-corrected chi connectivity index (χ1v) is 10.1. The van der Waals surface area contributed by atoms with E-state index in [1.54, 1.807) is 24.5 Å². The molecule has 0 saturated carbocycles. The first-order valence-electron chi connectivity index (χ1n) is 10.1. The molecule has 0 aliphatic carbocycles. The second kappa shape index (κ2) is 7.15. The number of aromatic amines is 1. The molecule has 0 radical (unpaired) electrons. The molecule has 1 aromatic carbocycles. The molecule has 9 heteroatoms. The van der Waals surface area contributed by atoms with Gasteiger partial charge < -0.3 is 0 Å². The Kier molecular flexibility index (Phi) is 4.51. The largest absolute Gasteiger partial charge is 0.296 e. The van der Waals surface area contributed by atoms with Crippen molar-refractivity contribution in [2.24, 2.45) is 0 Å². The summed E-state index contributed by atoms with van der Waals surface area (Å²) in [6.45, 7) is 4.81. The molecule has 4 aromatic heterocycles. The summed E-state index contributed by atoms with van der Waals surface area (Å²) in [7, 11) is 0. The number of pyridine rings is 1. The Morgan fingerprint density at radius 2 is 1.91 bits per heavy atom. The number of hydrogen-bond acceptors (Lipinski definition) is 4. The number of alkyl halides is 2. The highest BCUT2D eigenvalue weighted by Gasteiger charge is 2.34. The summed E-state index contributed by atoms with van der Waals surface area (Å²) in [5, 5.41) is 6.74. The minimum Gasteiger partial charge on any atom is -0.296 e. The molecule has 5 aromatic rings. The van der Waals surface area contributed by atoms with Gasteiger partial charge in [-0.3, -0.25) is 19.5 Å². The van der Waals surface area contributed by atoms with Crippen molar-refractivity contribution >= 4 is 16.6 Å². The summed E-state index contributed by atoms with van der Waals surface area (Å²) in [5.41, 5.74) is 2.35. The van der Waals surface area contributed by atoms with Gasteiger partial charge in [0, 0.05) is 36.1 Å². The van der Waals surface area contributed by atoms with Crippen LogP contribution in [-0.2, 0) is 5.92 Å². The third kappa shape index (κ3) is 3.21. The van der Waals surface area contributed by atoms with Crippen LogP contribution in [-0.4, -0.2) is 29.5 Å². The zero-order valence-corrected chi connectivity index (χ0v) is 17.6. The van der Waals surface area contributed by atoms with Crippen LogP contribution in [0.4, 0.5) is 13.2 Å². The lowest BCUT2D eigenvalue weighted by Crippen LogP contribution is -2.10. The molecule has 0 bridgehead atoms. The Hall–Kier alpha value is -3.75. The van der Waals surface area contributed by atoms with E-state index in [1.165, 1.54) is 22.9 Å². The van der Waals surface area contributed by atoms with Crippen LogP contribution in [0.25, 0.3) is 39.1 Å². The normalized spacial score (nSPS) is 12.3. The first kappa shape index (κ1) is 20.2. The fourth-order valence-corrected chi connectivity index (χ4v) is 3.76. The highest BCUT2D eigenvalue weighted by atomic mass is 19.3. The van der Waals surface area contributed by atoms with Gasteiger partial charge in [0.2, 0.25) is 0 Å². The van der Waals surface area contributed by atoms with Gasteiger partial charge in [-0.2, -0.15) is 13.9 Å². The van der Waals surface area contributed by atoms with Crippen molar-refractivity contribution in [3.63, 3.8) is 0 Å². The van der Waals surface area contributed by atoms with Crippen LogP contribution in [0.3, 0.4) is 0 Å². The van der Waals surface area contributed by atoms with Crippen LogP contribution in [0.2, 0.25) is 0 Å². The van der Waals surface area contributed by atoms with Gasteiger partial charge in [0.05, 0.1) is 34.7 Å². The lowest BCUT2D eigenvalue weighted by molar-refractivity contribution is 0.0139. The molecule has 6 nitrogen and oxygen atoms in total. The first-order chi connectivity index (χ1) is 15.2. The number of imidazole rings is 1. The minimum atomic E-state index is -3.29. The van der Waals surface area contributed by atoms with Crippen LogP contribution < -0.4 is 0 Å². The Balaban J connectivity index is 1.79. The van der Waals surface area contributed by atoms with Gasteiger partial charge in [0.15, 0.2) is 5.65 Å². The quantitative estimate of drug-likeness (QED) is 0.392. The molecule has 32 heavy (non-hydrogen) atoms. The van der Waals surface area contributed by atoms with E-state index in [0.717, 1.165) is 18.2 Å². The number of aromatic nitrogens is 6. The Labute approximate surface area is 181 Å².